The van der Waals surface area contributed by atoms with Crippen LogP contribution in [-0.2, 0) is 4.74 Å². The van der Waals surface area contributed by atoms with E-state index < -0.39 is 0 Å². The minimum Gasteiger partial charge on any atom is -0.396 e. The van der Waals surface area contributed by atoms with E-state index in [0.717, 1.165) is 26.1 Å². The second-order valence-corrected chi connectivity index (χ2v) is 5.04. The summed E-state index contributed by atoms with van der Waals surface area (Å²) in [7, 11) is 0. The van der Waals surface area contributed by atoms with Crippen LogP contribution in [0, 0.1) is 0 Å². The highest BCUT2D eigenvalue weighted by molar-refractivity contribution is 4.70. The van der Waals surface area contributed by atoms with Crippen LogP contribution >= 0.6 is 0 Å². The predicted octanol–water partition coefficient (Wildman–Crippen LogP) is 2.48. The van der Waals surface area contributed by atoms with Crippen molar-refractivity contribution in [1.29, 1.82) is 0 Å². The van der Waals surface area contributed by atoms with Crippen molar-refractivity contribution in [2.75, 3.05) is 26.3 Å². The molecule has 0 aromatic carbocycles. The van der Waals surface area contributed by atoms with Gasteiger partial charge in [0.1, 0.15) is 0 Å². The predicted molar refractivity (Wildman–Crippen MR) is 71.2 cm³/mol. The number of rotatable bonds is 11. The zero-order valence-corrected chi connectivity index (χ0v) is 11.1. The Hall–Kier alpha value is -0.120. The van der Waals surface area contributed by atoms with Crippen LogP contribution in [0.1, 0.15) is 57.8 Å². The number of aliphatic hydroxyl groups is 1. The average molecular weight is 243 g/mol. The molecule has 1 unspecified atom stereocenters. The molecule has 3 heteroatoms. The van der Waals surface area contributed by atoms with Gasteiger partial charge in [0.2, 0.25) is 0 Å². The van der Waals surface area contributed by atoms with Crippen LogP contribution in [0.15, 0.2) is 0 Å². The van der Waals surface area contributed by atoms with Crippen LogP contribution in [-0.4, -0.2) is 37.5 Å². The normalized spacial score (nSPS) is 19.9. The van der Waals surface area contributed by atoms with Crippen molar-refractivity contribution in [3.8, 4) is 0 Å². The Morgan fingerprint density at radius 1 is 0.941 bits per heavy atom. The molecule has 1 heterocycles. The average Bonchev–Trinajstić information content (AvgIpc) is 2.85. The standard InChI is InChI=1S/C14H29NO2/c16-11-7-5-3-1-2-4-6-8-12-17-14-9-10-15-13-14/h14-16H,1-13H2. The van der Waals surface area contributed by atoms with Gasteiger partial charge in [-0.15, -0.1) is 0 Å². The molecule has 1 atom stereocenters. The summed E-state index contributed by atoms with van der Waals surface area (Å²) in [5.41, 5.74) is 0. The molecule has 1 fully saturated rings. The summed E-state index contributed by atoms with van der Waals surface area (Å²) in [4.78, 5) is 0. The Kier molecular flexibility index (Phi) is 9.66. The van der Waals surface area contributed by atoms with Crippen molar-refractivity contribution in [3.63, 3.8) is 0 Å². The maximum absolute atomic E-state index is 8.64. The summed E-state index contributed by atoms with van der Waals surface area (Å²) in [5, 5.41) is 12.0. The monoisotopic (exact) mass is 243 g/mol. The first-order chi connectivity index (χ1) is 8.43. The van der Waals surface area contributed by atoms with Crippen molar-refractivity contribution in [2.24, 2.45) is 0 Å². The highest BCUT2D eigenvalue weighted by atomic mass is 16.5. The zero-order chi connectivity index (χ0) is 12.2. The van der Waals surface area contributed by atoms with Gasteiger partial charge in [0, 0.05) is 19.8 Å². The van der Waals surface area contributed by atoms with Crippen molar-refractivity contribution >= 4 is 0 Å². The lowest BCUT2D eigenvalue weighted by molar-refractivity contribution is 0.0641. The first-order valence-corrected chi connectivity index (χ1v) is 7.36. The Balaban J connectivity index is 1.69. The van der Waals surface area contributed by atoms with E-state index in [1.54, 1.807) is 0 Å². The Morgan fingerprint density at radius 2 is 1.59 bits per heavy atom. The van der Waals surface area contributed by atoms with E-state index in [1.165, 1.54) is 51.4 Å². The Morgan fingerprint density at radius 3 is 2.18 bits per heavy atom. The molecule has 0 aromatic heterocycles. The summed E-state index contributed by atoms with van der Waals surface area (Å²) >= 11 is 0. The van der Waals surface area contributed by atoms with E-state index in [2.05, 4.69) is 5.32 Å². The lowest BCUT2D eigenvalue weighted by Gasteiger charge is -2.09. The fourth-order valence-corrected chi connectivity index (χ4v) is 2.29. The smallest absolute Gasteiger partial charge is 0.0711 e. The Labute approximate surface area is 106 Å². The molecule has 0 amide bonds. The van der Waals surface area contributed by atoms with E-state index in [0.29, 0.717) is 12.7 Å². The molecule has 0 bridgehead atoms. The molecule has 1 aliphatic rings. The molecule has 102 valence electrons. The van der Waals surface area contributed by atoms with E-state index in [1.807, 2.05) is 0 Å². The molecule has 17 heavy (non-hydrogen) atoms. The molecule has 1 aliphatic heterocycles. The molecular formula is C14H29NO2. The summed E-state index contributed by atoms with van der Waals surface area (Å²) in [6.07, 6.45) is 11.6. The van der Waals surface area contributed by atoms with Gasteiger partial charge >= 0.3 is 0 Å². The van der Waals surface area contributed by atoms with Gasteiger partial charge in [-0.05, 0) is 25.8 Å². The molecule has 1 rings (SSSR count). The number of aliphatic hydroxyl groups excluding tert-OH is 1. The third-order valence-corrected chi connectivity index (χ3v) is 3.42. The second kappa shape index (κ2) is 11.0. The van der Waals surface area contributed by atoms with Gasteiger partial charge in [-0.1, -0.05) is 38.5 Å². The number of unbranched alkanes of at least 4 members (excludes halogenated alkanes) is 7. The van der Waals surface area contributed by atoms with Gasteiger partial charge in [0.15, 0.2) is 0 Å². The Bertz CT molecular complexity index is 158. The third-order valence-electron chi connectivity index (χ3n) is 3.42. The molecule has 0 saturated carbocycles. The molecule has 3 nitrogen and oxygen atoms in total. The molecule has 0 radical (unpaired) electrons. The third kappa shape index (κ3) is 8.58. The molecule has 1 saturated heterocycles. The first-order valence-electron chi connectivity index (χ1n) is 7.36. The van der Waals surface area contributed by atoms with Crippen molar-refractivity contribution < 1.29 is 9.84 Å². The highest BCUT2D eigenvalue weighted by Gasteiger charge is 2.13. The van der Waals surface area contributed by atoms with E-state index in [4.69, 9.17) is 9.84 Å². The fraction of sp³-hybridized carbons (Fsp3) is 1.00. The number of ether oxygens (including phenoxy) is 1. The topological polar surface area (TPSA) is 41.5 Å². The lowest BCUT2D eigenvalue weighted by Crippen LogP contribution is -2.17. The lowest BCUT2D eigenvalue weighted by atomic mass is 10.1. The van der Waals surface area contributed by atoms with Gasteiger partial charge in [-0.25, -0.2) is 0 Å². The quantitative estimate of drug-likeness (QED) is 0.548. The SMILES string of the molecule is OCCCCCCCCCCOC1CCNC1. The van der Waals surface area contributed by atoms with Crippen LogP contribution in [0.4, 0.5) is 0 Å². The first kappa shape index (κ1) is 14.9. The number of nitrogens with one attached hydrogen (secondary N) is 1. The van der Waals surface area contributed by atoms with E-state index in [-0.39, 0.29) is 0 Å². The van der Waals surface area contributed by atoms with Gasteiger partial charge in [0.25, 0.3) is 0 Å². The zero-order valence-electron chi connectivity index (χ0n) is 11.1. The minimum atomic E-state index is 0.355. The molecule has 0 aliphatic carbocycles. The van der Waals surface area contributed by atoms with Crippen molar-refractivity contribution in [3.05, 3.63) is 0 Å². The van der Waals surface area contributed by atoms with Crippen LogP contribution in [0.2, 0.25) is 0 Å². The number of hydrogen-bond donors (Lipinski definition) is 2. The number of hydrogen-bond acceptors (Lipinski definition) is 3. The summed E-state index contributed by atoms with van der Waals surface area (Å²) in [6.45, 7) is 3.47. The molecular weight excluding hydrogens is 214 g/mol. The van der Waals surface area contributed by atoms with E-state index in [9.17, 15) is 0 Å². The highest BCUT2D eigenvalue weighted by Crippen LogP contribution is 2.09. The molecule has 0 spiro atoms. The second-order valence-electron chi connectivity index (χ2n) is 5.04. The van der Waals surface area contributed by atoms with Crippen molar-refractivity contribution in [1.82, 2.24) is 5.32 Å². The van der Waals surface area contributed by atoms with Gasteiger partial charge < -0.3 is 15.2 Å². The largest absolute Gasteiger partial charge is 0.396 e. The van der Waals surface area contributed by atoms with Crippen LogP contribution in [0.25, 0.3) is 0 Å². The van der Waals surface area contributed by atoms with Crippen LogP contribution in [0.3, 0.4) is 0 Å². The van der Waals surface area contributed by atoms with Crippen LogP contribution < -0.4 is 5.32 Å². The van der Waals surface area contributed by atoms with Crippen LogP contribution in [0.5, 0.6) is 0 Å². The van der Waals surface area contributed by atoms with E-state index >= 15 is 0 Å². The summed E-state index contributed by atoms with van der Waals surface area (Å²) in [6, 6.07) is 0. The fourth-order valence-electron chi connectivity index (χ4n) is 2.29. The molecule has 2 N–H and O–H groups in total. The van der Waals surface area contributed by atoms with Crippen molar-refractivity contribution in [2.45, 2.75) is 63.9 Å². The minimum absolute atomic E-state index is 0.355. The van der Waals surface area contributed by atoms with Gasteiger partial charge in [-0.2, -0.15) is 0 Å². The molecule has 0 aromatic rings. The summed E-state index contributed by atoms with van der Waals surface area (Å²) in [5.74, 6) is 0. The van der Waals surface area contributed by atoms with Gasteiger partial charge in [-0.3, -0.25) is 0 Å². The summed E-state index contributed by atoms with van der Waals surface area (Å²) < 4.78 is 5.77. The maximum Gasteiger partial charge on any atom is 0.0711 e. The van der Waals surface area contributed by atoms with Gasteiger partial charge in [0.05, 0.1) is 6.10 Å². The maximum atomic E-state index is 8.64.